The fourth-order valence-corrected chi connectivity index (χ4v) is 2.24. The van der Waals surface area contributed by atoms with Crippen molar-refractivity contribution in [2.24, 2.45) is 11.7 Å². The molecular weight excluding hydrogens is 279 g/mol. The third kappa shape index (κ3) is 7.27. The van der Waals surface area contributed by atoms with Gasteiger partial charge in [-0.2, -0.15) is 4.39 Å². The minimum absolute atomic E-state index is 0.148. The first-order chi connectivity index (χ1) is 9.67. The zero-order chi connectivity index (χ0) is 16.0. The van der Waals surface area contributed by atoms with Gasteiger partial charge in [-0.3, -0.25) is 10.5 Å². The smallest absolute Gasteiger partial charge is 0.410 e. The summed E-state index contributed by atoms with van der Waals surface area (Å²) in [6.07, 6.45) is 2.06. The van der Waals surface area contributed by atoms with E-state index >= 15 is 0 Å². The molecule has 7 heteroatoms. The molecule has 2 N–H and O–H groups in total. The van der Waals surface area contributed by atoms with Crippen molar-refractivity contribution in [2.45, 2.75) is 58.5 Å². The zero-order valence-electron chi connectivity index (χ0n) is 12.9. The van der Waals surface area contributed by atoms with Crippen LogP contribution in [0.15, 0.2) is 0 Å². The molecule has 1 atom stereocenters. The second-order valence-electron chi connectivity index (χ2n) is 6.29. The maximum Gasteiger partial charge on any atom is 0.410 e. The van der Waals surface area contributed by atoms with Gasteiger partial charge in [0.1, 0.15) is 5.60 Å². The molecule has 122 valence electrons. The standard InChI is InChI=1S/C14H25FN2O4/c1-14(2,3)21-13(19)17-8-6-10(7-9-17)4-5-11(18)20-12(15)16/h10,12H,4-9,16H2,1-3H3. The van der Waals surface area contributed by atoms with Gasteiger partial charge in [0.15, 0.2) is 0 Å². The fourth-order valence-electron chi connectivity index (χ4n) is 2.24. The van der Waals surface area contributed by atoms with Crippen LogP contribution in [0.3, 0.4) is 0 Å². The van der Waals surface area contributed by atoms with E-state index < -0.39 is 18.1 Å². The van der Waals surface area contributed by atoms with Crippen molar-refractivity contribution >= 4 is 12.1 Å². The van der Waals surface area contributed by atoms with E-state index in [1.807, 2.05) is 20.8 Å². The van der Waals surface area contributed by atoms with Gasteiger partial charge in [-0.15, -0.1) is 0 Å². The number of nitrogens with zero attached hydrogens (tertiary/aromatic N) is 1. The summed E-state index contributed by atoms with van der Waals surface area (Å²) >= 11 is 0. The minimum atomic E-state index is -2.05. The van der Waals surface area contributed by atoms with Gasteiger partial charge < -0.3 is 14.4 Å². The summed E-state index contributed by atoms with van der Waals surface area (Å²) in [6, 6.07) is 0. The molecular formula is C14H25FN2O4. The summed E-state index contributed by atoms with van der Waals surface area (Å²) in [5.41, 5.74) is 4.24. The Balaban J connectivity index is 2.26. The van der Waals surface area contributed by atoms with Crippen LogP contribution in [-0.2, 0) is 14.3 Å². The van der Waals surface area contributed by atoms with Gasteiger partial charge in [0, 0.05) is 19.5 Å². The number of carbonyl (C=O) groups excluding carboxylic acids is 2. The van der Waals surface area contributed by atoms with Gasteiger partial charge in [0.05, 0.1) is 0 Å². The lowest BCUT2D eigenvalue weighted by atomic mass is 9.92. The van der Waals surface area contributed by atoms with Crippen LogP contribution in [0.5, 0.6) is 0 Å². The second kappa shape index (κ2) is 7.59. The number of hydrogen-bond donors (Lipinski definition) is 1. The molecule has 0 aromatic heterocycles. The number of likely N-dealkylation sites (tertiary alicyclic amines) is 1. The van der Waals surface area contributed by atoms with E-state index in [2.05, 4.69) is 4.74 Å². The monoisotopic (exact) mass is 304 g/mol. The molecule has 1 aliphatic heterocycles. The molecule has 0 bridgehead atoms. The van der Waals surface area contributed by atoms with E-state index in [1.54, 1.807) is 4.90 Å². The lowest BCUT2D eigenvalue weighted by Crippen LogP contribution is -2.41. The van der Waals surface area contributed by atoms with Gasteiger partial charge >= 0.3 is 12.1 Å². The number of ether oxygens (including phenoxy) is 2. The largest absolute Gasteiger partial charge is 0.444 e. The summed E-state index contributed by atoms with van der Waals surface area (Å²) in [5.74, 6) is -0.299. The predicted octanol–water partition coefficient (Wildman–Crippen LogP) is 2.17. The lowest BCUT2D eigenvalue weighted by Gasteiger charge is -2.33. The Morgan fingerprint density at radius 3 is 2.38 bits per heavy atom. The molecule has 6 nitrogen and oxygen atoms in total. The van der Waals surface area contributed by atoms with Crippen LogP contribution in [0.1, 0.15) is 46.5 Å². The topological polar surface area (TPSA) is 81.9 Å². The Labute approximate surface area is 124 Å². The molecule has 1 rings (SSSR count). The van der Waals surface area contributed by atoms with Crippen LogP contribution in [-0.4, -0.2) is 42.1 Å². The number of amides is 1. The molecule has 1 aliphatic rings. The molecule has 1 heterocycles. The minimum Gasteiger partial charge on any atom is -0.444 e. The molecule has 21 heavy (non-hydrogen) atoms. The Bertz CT molecular complexity index is 360. The maximum atomic E-state index is 12.3. The van der Waals surface area contributed by atoms with Crippen molar-refractivity contribution in [1.29, 1.82) is 0 Å². The Morgan fingerprint density at radius 2 is 1.90 bits per heavy atom. The highest BCUT2D eigenvalue weighted by molar-refractivity contribution is 5.69. The Morgan fingerprint density at radius 1 is 1.33 bits per heavy atom. The first kappa shape index (κ1) is 17.7. The Hall–Kier alpha value is -1.37. The summed E-state index contributed by atoms with van der Waals surface area (Å²) in [5, 5.41) is 0. The summed E-state index contributed by atoms with van der Waals surface area (Å²) in [7, 11) is 0. The van der Waals surface area contributed by atoms with Gasteiger partial charge in [-0.1, -0.05) is 0 Å². The molecule has 0 spiro atoms. The number of rotatable bonds is 4. The molecule has 1 unspecified atom stereocenters. The predicted molar refractivity (Wildman–Crippen MR) is 74.9 cm³/mol. The molecule has 0 aromatic rings. The van der Waals surface area contributed by atoms with Crippen LogP contribution in [0.4, 0.5) is 9.18 Å². The number of halogens is 1. The maximum absolute atomic E-state index is 12.3. The molecule has 0 aromatic carbocycles. The normalized spacial score (nSPS) is 18.2. The quantitative estimate of drug-likeness (QED) is 0.489. The van der Waals surface area contributed by atoms with Gasteiger partial charge in [0.25, 0.3) is 6.48 Å². The lowest BCUT2D eigenvalue weighted by molar-refractivity contribution is -0.157. The first-order valence-electron chi connectivity index (χ1n) is 7.24. The number of esters is 1. The first-order valence-corrected chi connectivity index (χ1v) is 7.24. The van der Waals surface area contributed by atoms with Crippen LogP contribution in [0, 0.1) is 5.92 Å². The van der Waals surface area contributed by atoms with E-state index in [1.165, 1.54) is 0 Å². The van der Waals surface area contributed by atoms with Crippen molar-refractivity contribution in [1.82, 2.24) is 4.90 Å². The highest BCUT2D eigenvalue weighted by atomic mass is 19.1. The van der Waals surface area contributed by atoms with Gasteiger partial charge in [0.2, 0.25) is 0 Å². The van der Waals surface area contributed by atoms with Crippen LogP contribution in [0.25, 0.3) is 0 Å². The zero-order valence-corrected chi connectivity index (χ0v) is 12.9. The van der Waals surface area contributed by atoms with Crippen molar-refractivity contribution in [2.75, 3.05) is 13.1 Å². The van der Waals surface area contributed by atoms with E-state index in [-0.39, 0.29) is 12.5 Å². The van der Waals surface area contributed by atoms with E-state index in [4.69, 9.17) is 10.5 Å². The van der Waals surface area contributed by atoms with Crippen molar-refractivity contribution in [3.8, 4) is 0 Å². The third-order valence-electron chi connectivity index (χ3n) is 3.27. The average molecular weight is 304 g/mol. The van der Waals surface area contributed by atoms with Crippen molar-refractivity contribution < 1.29 is 23.5 Å². The highest BCUT2D eigenvalue weighted by Gasteiger charge is 2.27. The van der Waals surface area contributed by atoms with Crippen LogP contribution in [0.2, 0.25) is 0 Å². The molecule has 0 saturated carbocycles. The molecule has 0 aliphatic carbocycles. The average Bonchev–Trinajstić information content (AvgIpc) is 2.34. The summed E-state index contributed by atoms with van der Waals surface area (Å²) < 4.78 is 21.8. The Kier molecular flexibility index (Phi) is 6.39. The number of hydrogen-bond acceptors (Lipinski definition) is 5. The van der Waals surface area contributed by atoms with E-state index in [0.717, 1.165) is 12.8 Å². The fraction of sp³-hybridized carbons (Fsp3) is 0.857. The van der Waals surface area contributed by atoms with Crippen LogP contribution >= 0.6 is 0 Å². The summed E-state index contributed by atoms with van der Waals surface area (Å²) in [6.45, 7) is 4.66. The number of carbonyl (C=O) groups is 2. The van der Waals surface area contributed by atoms with Gasteiger partial charge in [-0.25, -0.2) is 4.79 Å². The highest BCUT2D eigenvalue weighted by Crippen LogP contribution is 2.23. The third-order valence-corrected chi connectivity index (χ3v) is 3.27. The number of alkyl halides is 1. The summed E-state index contributed by atoms with van der Waals surface area (Å²) in [4.78, 5) is 24.8. The second-order valence-corrected chi connectivity index (χ2v) is 6.29. The van der Waals surface area contributed by atoms with Crippen molar-refractivity contribution in [3.63, 3.8) is 0 Å². The van der Waals surface area contributed by atoms with Crippen LogP contribution < -0.4 is 5.73 Å². The van der Waals surface area contributed by atoms with E-state index in [0.29, 0.717) is 25.4 Å². The van der Waals surface area contributed by atoms with Gasteiger partial charge in [-0.05, 0) is 46.0 Å². The van der Waals surface area contributed by atoms with Crippen molar-refractivity contribution in [3.05, 3.63) is 0 Å². The van der Waals surface area contributed by atoms with E-state index in [9.17, 15) is 14.0 Å². The molecule has 0 radical (unpaired) electrons. The molecule has 1 fully saturated rings. The molecule has 1 saturated heterocycles. The number of piperidine rings is 1. The molecule has 1 amide bonds. The SMILES string of the molecule is CC(C)(C)OC(=O)N1CCC(CCC(=O)OC(N)F)CC1. The number of nitrogens with two attached hydrogens (primary N) is 1.